The number of rotatable bonds is 9. The van der Waals surface area contributed by atoms with Crippen LogP contribution in [0.25, 0.3) is 53.2 Å². The molecule has 352 valence electrons. The molecule has 4 aromatic heterocycles. The SMILES string of the molecule is CC(C)[Si](C#Cc1c(F)ccc2cc3c(cnn3S(=O)(=O)C(F)(F)F)c(-c3nccc4c3sc3nc(OCC5(C(F)(F)F)CCOCC5)nc(N5C[C@H]6CC[C@@H](C5)N6)c34)c12)(C(C)C)C(C)C. The van der Waals surface area contributed by atoms with E-state index >= 15 is 4.39 Å². The second-order valence-corrected chi connectivity index (χ2v) is 27.0. The van der Waals surface area contributed by atoms with E-state index in [0.717, 1.165) is 36.4 Å². The van der Waals surface area contributed by atoms with Crippen molar-refractivity contribution in [3.8, 4) is 28.7 Å². The molecule has 3 aliphatic rings. The van der Waals surface area contributed by atoms with Crippen molar-refractivity contribution in [2.24, 2.45) is 5.41 Å². The quantitative estimate of drug-likeness (QED) is 0.0851. The van der Waals surface area contributed by atoms with Gasteiger partial charge in [0.15, 0.2) is 0 Å². The Hall–Kier alpha value is -4.62. The van der Waals surface area contributed by atoms with Gasteiger partial charge in [-0.05, 0) is 65.9 Å². The van der Waals surface area contributed by atoms with Gasteiger partial charge in [0.2, 0.25) is 0 Å². The number of pyridine rings is 1. The number of halogens is 7. The first-order valence-electron chi connectivity index (χ1n) is 21.9. The van der Waals surface area contributed by atoms with Crippen LogP contribution in [0.15, 0.2) is 36.7 Å². The third kappa shape index (κ3) is 7.49. The van der Waals surface area contributed by atoms with Crippen LogP contribution in [0, 0.1) is 22.7 Å². The summed E-state index contributed by atoms with van der Waals surface area (Å²) in [6.45, 7) is 12.8. The van der Waals surface area contributed by atoms with Crippen LogP contribution in [0.4, 0.5) is 36.6 Å². The van der Waals surface area contributed by atoms with Gasteiger partial charge in [-0.1, -0.05) is 53.5 Å². The van der Waals surface area contributed by atoms with Crippen molar-refractivity contribution in [3.05, 3.63) is 48.0 Å². The third-order valence-corrected chi connectivity index (χ3v) is 22.8. The first kappa shape index (κ1) is 46.5. The summed E-state index contributed by atoms with van der Waals surface area (Å²) in [4.78, 5) is 16.7. The molecule has 2 bridgehead atoms. The van der Waals surface area contributed by atoms with E-state index in [9.17, 15) is 34.8 Å². The van der Waals surface area contributed by atoms with Crippen molar-refractivity contribution in [2.45, 2.75) is 108 Å². The fraction of sp³-hybridized carbons (Fsp3) is 0.511. The van der Waals surface area contributed by atoms with Crippen molar-refractivity contribution >= 4 is 77.2 Å². The van der Waals surface area contributed by atoms with Gasteiger partial charge in [0.05, 0.1) is 33.1 Å². The van der Waals surface area contributed by atoms with Gasteiger partial charge in [-0.15, -0.1) is 21.0 Å². The predicted octanol–water partition coefficient (Wildman–Crippen LogP) is 10.5. The summed E-state index contributed by atoms with van der Waals surface area (Å²) in [6, 6.07) is 5.46. The number of aromatic nitrogens is 5. The maximum Gasteiger partial charge on any atom is 0.518 e. The molecule has 11 nitrogen and oxygen atoms in total. The van der Waals surface area contributed by atoms with Gasteiger partial charge in [0.25, 0.3) is 0 Å². The molecular formula is C45H48F7N7O4S2Si. The van der Waals surface area contributed by atoms with E-state index in [1.165, 1.54) is 18.3 Å². The number of hydrogen-bond donors (Lipinski definition) is 1. The maximum absolute atomic E-state index is 16.6. The average molecular weight is 976 g/mol. The number of benzene rings is 2. The fourth-order valence-electron chi connectivity index (χ4n) is 10.7. The lowest BCUT2D eigenvalue weighted by Gasteiger charge is -2.38. The van der Waals surface area contributed by atoms with E-state index < -0.39 is 53.1 Å². The summed E-state index contributed by atoms with van der Waals surface area (Å²) in [5.41, 5.74) is -4.04. The van der Waals surface area contributed by atoms with E-state index in [4.69, 9.17) is 24.4 Å². The van der Waals surface area contributed by atoms with E-state index in [1.807, 2.05) is 0 Å². The summed E-state index contributed by atoms with van der Waals surface area (Å²) in [6.07, 6.45) is -0.877. The van der Waals surface area contributed by atoms with Gasteiger partial charge >= 0.3 is 27.7 Å². The van der Waals surface area contributed by atoms with Crippen molar-refractivity contribution < 1.29 is 48.6 Å². The third-order valence-electron chi connectivity index (χ3n) is 14.1. The number of thiophene rings is 1. The Morgan fingerprint density at radius 2 is 1.62 bits per heavy atom. The molecule has 0 spiro atoms. The minimum Gasteiger partial charge on any atom is -0.462 e. The Bertz CT molecular complexity index is 3030. The van der Waals surface area contributed by atoms with E-state index in [-0.39, 0.29) is 97.8 Å². The molecule has 0 aliphatic carbocycles. The molecule has 0 amide bonds. The molecule has 7 heterocycles. The van der Waals surface area contributed by atoms with Crippen LogP contribution in [0.2, 0.25) is 16.6 Å². The van der Waals surface area contributed by atoms with Crippen LogP contribution in [0.3, 0.4) is 0 Å². The average Bonchev–Trinajstić information content (AvgIpc) is 3.96. The van der Waals surface area contributed by atoms with Crippen molar-refractivity contribution in [1.82, 2.24) is 29.5 Å². The zero-order valence-corrected chi connectivity index (χ0v) is 39.6. The van der Waals surface area contributed by atoms with Crippen LogP contribution >= 0.6 is 11.3 Å². The molecule has 3 saturated heterocycles. The zero-order chi connectivity index (χ0) is 47.3. The molecule has 0 saturated carbocycles. The number of nitrogens with one attached hydrogen (secondary N) is 1. The lowest BCUT2D eigenvalue weighted by molar-refractivity contribution is -0.254. The molecule has 3 fully saturated rings. The zero-order valence-electron chi connectivity index (χ0n) is 37.0. The summed E-state index contributed by atoms with van der Waals surface area (Å²) < 4.78 is 141. The Labute approximate surface area is 381 Å². The standard InChI is InChI=1S/C45H48F7N7O4S2Si/c1-24(2)66(25(3)4,26(5)6)18-12-30-33(46)10-7-27-19-34-32(20-54-59(34)65(60,61)45(50,51)52)36(35(27)30)38-39-31(11-15-53-38)37-40(58-21-28-8-9-29(22-58)55-28)56-42(57-41(37)64-39)63-23-43(44(47,48)49)13-16-62-17-14-43/h7,10-11,15,19-20,24-26,28-29,55H,8-9,13-14,16-17,21-23H2,1-6H3/t28-,29+. The Kier molecular flexibility index (Phi) is 11.7. The van der Waals surface area contributed by atoms with Gasteiger partial charge in [0, 0.05) is 66.3 Å². The molecule has 3 aliphatic heterocycles. The smallest absolute Gasteiger partial charge is 0.462 e. The van der Waals surface area contributed by atoms with E-state index in [2.05, 4.69) is 68.3 Å². The topological polar surface area (TPSA) is 124 Å². The van der Waals surface area contributed by atoms with Crippen LogP contribution in [-0.2, 0) is 14.8 Å². The highest BCUT2D eigenvalue weighted by molar-refractivity contribution is 7.90. The van der Waals surface area contributed by atoms with Crippen molar-refractivity contribution in [2.75, 3.05) is 37.8 Å². The van der Waals surface area contributed by atoms with Gasteiger partial charge in [0.1, 0.15) is 36.6 Å². The fourth-order valence-corrected chi connectivity index (χ4v) is 17.8. The van der Waals surface area contributed by atoms with Gasteiger partial charge in [-0.25, -0.2) is 4.39 Å². The minimum atomic E-state index is -6.05. The van der Waals surface area contributed by atoms with Crippen LogP contribution in [-0.4, -0.2) is 97.3 Å². The molecule has 0 radical (unpaired) electrons. The number of ether oxygens (including phenoxy) is 2. The summed E-state index contributed by atoms with van der Waals surface area (Å²) in [7, 11) is -8.56. The summed E-state index contributed by atoms with van der Waals surface area (Å²) in [5.74, 6) is 2.95. The number of piperazine rings is 1. The molecular weight excluding hydrogens is 928 g/mol. The lowest BCUT2D eigenvalue weighted by Crippen LogP contribution is -2.51. The van der Waals surface area contributed by atoms with E-state index in [1.54, 1.807) is 6.07 Å². The monoisotopic (exact) mass is 975 g/mol. The second-order valence-electron chi connectivity index (χ2n) is 18.7. The number of anilines is 1. The first-order chi connectivity index (χ1) is 31.1. The number of fused-ring (bicyclic) bond motifs is 7. The van der Waals surface area contributed by atoms with Crippen LogP contribution in [0.5, 0.6) is 6.01 Å². The maximum atomic E-state index is 16.6. The highest BCUT2D eigenvalue weighted by Crippen LogP contribution is 2.49. The molecule has 1 N–H and O–H groups in total. The second kappa shape index (κ2) is 16.6. The van der Waals surface area contributed by atoms with Gasteiger partial charge in [-0.2, -0.15) is 49.8 Å². The van der Waals surface area contributed by atoms with Crippen LogP contribution in [0.1, 0.15) is 72.8 Å². The predicted molar refractivity (Wildman–Crippen MR) is 243 cm³/mol. The molecule has 2 atom stereocenters. The molecule has 66 heavy (non-hydrogen) atoms. The Balaban J connectivity index is 1.33. The highest BCUT2D eigenvalue weighted by atomic mass is 32.2. The molecule has 0 unspecified atom stereocenters. The van der Waals surface area contributed by atoms with Gasteiger partial charge in [-0.3, -0.25) is 4.98 Å². The van der Waals surface area contributed by atoms with Crippen molar-refractivity contribution in [1.29, 1.82) is 0 Å². The highest BCUT2D eigenvalue weighted by Gasteiger charge is 2.56. The number of nitrogens with zero attached hydrogens (tertiary/aromatic N) is 6. The largest absolute Gasteiger partial charge is 0.518 e. The van der Waals surface area contributed by atoms with Gasteiger partial charge < -0.3 is 19.7 Å². The Morgan fingerprint density at radius 3 is 2.24 bits per heavy atom. The number of alkyl halides is 6. The molecule has 2 aromatic carbocycles. The molecule has 21 heteroatoms. The number of hydrogen-bond acceptors (Lipinski definition) is 11. The van der Waals surface area contributed by atoms with E-state index in [0.29, 0.717) is 39.2 Å². The summed E-state index contributed by atoms with van der Waals surface area (Å²) in [5, 5.41) is 8.78. The van der Waals surface area contributed by atoms with Crippen molar-refractivity contribution in [3.63, 3.8) is 0 Å². The lowest BCUT2D eigenvalue weighted by atomic mass is 9.80. The minimum absolute atomic E-state index is 0.0336. The molecule has 9 rings (SSSR count). The van der Waals surface area contributed by atoms with Crippen LogP contribution < -0.4 is 15.0 Å². The molecule has 6 aromatic rings. The first-order valence-corrected chi connectivity index (χ1v) is 26.4. The normalized spacial score (nSPS) is 19.5. The Morgan fingerprint density at radius 1 is 0.955 bits per heavy atom. The summed E-state index contributed by atoms with van der Waals surface area (Å²) >= 11 is 1.11.